The number of para-hydroxylation sites is 1. The van der Waals surface area contributed by atoms with Gasteiger partial charge in [0.05, 0.1) is 5.69 Å². The highest BCUT2D eigenvalue weighted by atomic mass is 16.5. The predicted octanol–water partition coefficient (Wildman–Crippen LogP) is 6.69. The van der Waals surface area contributed by atoms with Crippen molar-refractivity contribution in [2.45, 2.75) is 90.1 Å². The molecule has 0 saturated carbocycles. The van der Waals surface area contributed by atoms with Gasteiger partial charge in [-0.25, -0.2) is 4.99 Å². The molecule has 3 nitrogen and oxygen atoms in total. The molecule has 0 bridgehead atoms. The average molecular weight is 344 g/mol. The van der Waals surface area contributed by atoms with E-state index in [-0.39, 0.29) is 0 Å². The van der Waals surface area contributed by atoms with Crippen molar-refractivity contribution >= 4 is 17.9 Å². The van der Waals surface area contributed by atoms with E-state index in [1.54, 1.807) is 0 Å². The lowest BCUT2D eigenvalue weighted by Gasteiger charge is -2.22. The lowest BCUT2D eigenvalue weighted by atomic mass is 10.0. The molecule has 0 radical (unpaired) electrons. The van der Waals surface area contributed by atoms with Crippen LogP contribution in [-0.4, -0.2) is 12.2 Å². The molecule has 1 aliphatic heterocycles. The molecule has 25 heavy (non-hydrogen) atoms. The molecule has 1 atom stereocenters. The van der Waals surface area contributed by atoms with Crippen LogP contribution in [0.5, 0.6) is 0 Å². The second kappa shape index (κ2) is 11.8. The van der Waals surface area contributed by atoms with Crippen LogP contribution in [0.2, 0.25) is 0 Å². The summed E-state index contributed by atoms with van der Waals surface area (Å²) in [6, 6.07) is 7.74. The number of fused-ring (bicyclic) bond motifs is 1. The topological polar surface area (TPSA) is 38.7 Å². The second-order valence-electron chi connectivity index (χ2n) is 7.02. The monoisotopic (exact) mass is 343 g/mol. The summed E-state index contributed by atoms with van der Waals surface area (Å²) in [6.07, 6.45) is 15.8. The standard InChI is InChI=1S/C22H33NO2/c1-2-3-4-5-6-7-8-9-10-11-12-17-22-23-20-16-14-13-15-19(20)21(18-24)25-22/h13-16,18,21H,2-12,17H2,1H3. The SMILES string of the molecule is CCCCCCCCCCCCCC1=Nc2ccccc2C(C=O)O1. The van der Waals surface area contributed by atoms with Crippen molar-refractivity contribution in [3.8, 4) is 0 Å². The number of hydrogen-bond donors (Lipinski definition) is 0. The highest BCUT2D eigenvalue weighted by Gasteiger charge is 2.22. The van der Waals surface area contributed by atoms with Crippen molar-refractivity contribution in [2.24, 2.45) is 4.99 Å². The number of rotatable bonds is 13. The van der Waals surface area contributed by atoms with Crippen LogP contribution in [0.1, 0.15) is 95.6 Å². The maximum Gasteiger partial charge on any atom is 0.189 e. The van der Waals surface area contributed by atoms with Crippen molar-refractivity contribution < 1.29 is 9.53 Å². The molecule has 0 fully saturated rings. The van der Waals surface area contributed by atoms with Gasteiger partial charge in [-0.15, -0.1) is 0 Å². The number of benzene rings is 1. The Morgan fingerprint density at radius 2 is 1.52 bits per heavy atom. The zero-order valence-corrected chi connectivity index (χ0v) is 15.7. The van der Waals surface area contributed by atoms with Crippen LogP contribution < -0.4 is 0 Å². The first kappa shape index (κ1) is 19.7. The third-order valence-electron chi connectivity index (χ3n) is 4.87. The normalized spacial score (nSPS) is 16.0. The molecule has 0 N–H and O–H groups in total. The van der Waals surface area contributed by atoms with E-state index >= 15 is 0 Å². The van der Waals surface area contributed by atoms with E-state index in [0.29, 0.717) is 5.90 Å². The summed E-state index contributed by atoms with van der Waals surface area (Å²) in [6.45, 7) is 2.27. The van der Waals surface area contributed by atoms with Gasteiger partial charge in [-0.1, -0.05) is 89.3 Å². The minimum absolute atomic E-state index is 0.489. The largest absolute Gasteiger partial charge is 0.465 e. The van der Waals surface area contributed by atoms with Gasteiger partial charge in [-0.3, -0.25) is 4.79 Å². The molecule has 0 aliphatic carbocycles. The first-order valence-electron chi connectivity index (χ1n) is 10.1. The third-order valence-corrected chi connectivity index (χ3v) is 4.87. The van der Waals surface area contributed by atoms with E-state index in [4.69, 9.17) is 4.74 Å². The zero-order valence-electron chi connectivity index (χ0n) is 15.7. The molecule has 2 rings (SSSR count). The fourth-order valence-electron chi connectivity index (χ4n) is 3.36. The fourth-order valence-corrected chi connectivity index (χ4v) is 3.36. The minimum Gasteiger partial charge on any atom is -0.465 e. The summed E-state index contributed by atoms with van der Waals surface area (Å²) in [5.74, 6) is 0.715. The van der Waals surface area contributed by atoms with Gasteiger partial charge >= 0.3 is 0 Å². The molecule has 0 spiro atoms. The number of aliphatic imine (C=N–C) groups is 1. The Bertz CT molecular complexity index is 539. The smallest absolute Gasteiger partial charge is 0.189 e. The molecule has 1 unspecified atom stereocenters. The maximum atomic E-state index is 11.2. The number of ether oxygens (including phenoxy) is 1. The number of carbonyl (C=O) groups excluding carboxylic acids is 1. The van der Waals surface area contributed by atoms with E-state index < -0.39 is 6.10 Å². The van der Waals surface area contributed by atoms with Crippen molar-refractivity contribution in [2.75, 3.05) is 0 Å². The first-order chi connectivity index (χ1) is 12.3. The maximum absolute atomic E-state index is 11.2. The second-order valence-corrected chi connectivity index (χ2v) is 7.02. The van der Waals surface area contributed by atoms with E-state index in [1.807, 2.05) is 24.3 Å². The van der Waals surface area contributed by atoms with Crippen molar-refractivity contribution in [3.63, 3.8) is 0 Å². The summed E-state index contributed by atoms with van der Waals surface area (Å²) in [5, 5.41) is 0. The lowest BCUT2D eigenvalue weighted by Crippen LogP contribution is -2.16. The lowest BCUT2D eigenvalue weighted by molar-refractivity contribution is -0.114. The number of nitrogens with zero attached hydrogens (tertiary/aromatic N) is 1. The van der Waals surface area contributed by atoms with Crippen LogP contribution in [0.3, 0.4) is 0 Å². The highest BCUT2D eigenvalue weighted by molar-refractivity contribution is 5.85. The van der Waals surface area contributed by atoms with Crippen molar-refractivity contribution in [3.05, 3.63) is 29.8 Å². The van der Waals surface area contributed by atoms with Crippen LogP contribution in [0.15, 0.2) is 29.3 Å². The third kappa shape index (κ3) is 7.01. The Hall–Kier alpha value is -1.64. The summed E-state index contributed by atoms with van der Waals surface area (Å²) >= 11 is 0. The van der Waals surface area contributed by atoms with Gasteiger partial charge in [0.1, 0.15) is 0 Å². The summed E-state index contributed by atoms with van der Waals surface area (Å²) < 4.78 is 5.74. The minimum atomic E-state index is -0.489. The van der Waals surface area contributed by atoms with Gasteiger partial charge < -0.3 is 4.74 Å². The van der Waals surface area contributed by atoms with Crippen LogP contribution in [0, 0.1) is 0 Å². The zero-order chi connectivity index (χ0) is 17.7. The molecule has 138 valence electrons. The molecule has 1 aromatic rings. The van der Waals surface area contributed by atoms with E-state index in [9.17, 15) is 4.79 Å². The van der Waals surface area contributed by atoms with Gasteiger partial charge in [-0.2, -0.15) is 0 Å². The number of carbonyl (C=O) groups is 1. The van der Waals surface area contributed by atoms with Gasteiger partial charge in [0.2, 0.25) is 0 Å². The van der Waals surface area contributed by atoms with Gasteiger partial charge in [0.25, 0.3) is 0 Å². The van der Waals surface area contributed by atoms with Crippen molar-refractivity contribution in [1.29, 1.82) is 0 Å². The van der Waals surface area contributed by atoms with E-state index in [1.165, 1.54) is 64.2 Å². The Balaban J connectivity index is 1.57. The predicted molar refractivity (Wildman–Crippen MR) is 105 cm³/mol. The molecule has 1 aromatic carbocycles. The van der Waals surface area contributed by atoms with Gasteiger partial charge in [0.15, 0.2) is 18.3 Å². The van der Waals surface area contributed by atoms with Crippen LogP contribution in [0.4, 0.5) is 5.69 Å². The van der Waals surface area contributed by atoms with Crippen molar-refractivity contribution in [1.82, 2.24) is 0 Å². The molecule has 0 aromatic heterocycles. The highest BCUT2D eigenvalue weighted by Crippen LogP contribution is 2.32. The summed E-state index contributed by atoms with van der Waals surface area (Å²) in [7, 11) is 0. The molecule has 1 heterocycles. The molecule has 0 amide bonds. The van der Waals surface area contributed by atoms with E-state index in [0.717, 1.165) is 30.4 Å². The number of unbranched alkanes of at least 4 members (excludes halogenated alkanes) is 10. The molecule has 0 saturated heterocycles. The molecule has 1 aliphatic rings. The fraction of sp³-hybridized carbons (Fsp3) is 0.636. The van der Waals surface area contributed by atoms with Gasteiger partial charge in [-0.05, 0) is 12.5 Å². The summed E-state index contributed by atoms with van der Waals surface area (Å²) in [5.41, 5.74) is 1.75. The quantitative estimate of drug-likeness (QED) is 0.296. The van der Waals surface area contributed by atoms with Gasteiger partial charge in [0, 0.05) is 12.0 Å². The average Bonchev–Trinajstić information content (AvgIpc) is 2.65. The Morgan fingerprint density at radius 3 is 2.16 bits per heavy atom. The van der Waals surface area contributed by atoms with E-state index in [2.05, 4.69) is 11.9 Å². The van der Waals surface area contributed by atoms with Crippen LogP contribution in [-0.2, 0) is 9.53 Å². The Kier molecular flexibility index (Phi) is 9.32. The Labute approximate surface area is 152 Å². The van der Waals surface area contributed by atoms with Crippen LogP contribution >= 0.6 is 0 Å². The number of aldehydes is 1. The first-order valence-corrected chi connectivity index (χ1v) is 10.1. The van der Waals surface area contributed by atoms with Crippen LogP contribution in [0.25, 0.3) is 0 Å². The number of hydrogen-bond acceptors (Lipinski definition) is 3. The molecular formula is C22H33NO2. The Morgan fingerprint density at radius 1 is 0.920 bits per heavy atom. The molecular weight excluding hydrogens is 310 g/mol. The summed E-state index contributed by atoms with van der Waals surface area (Å²) in [4.78, 5) is 15.8. The molecule has 3 heteroatoms.